The second-order valence-electron chi connectivity index (χ2n) is 4.90. The van der Waals surface area contributed by atoms with Crippen LogP contribution in [0.25, 0.3) is 0 Å². The van der Waals surface area contributed by atoms with Crippen LogP contribution in [-0.2, 0) is 4.43 Å². The molecule has 0 aromatic carbocycles. The molecule has 0 radical (unpaired) electrons. The summed E-state index contributed by atoms with van der Waals surface area (Å²) in [6, 6.07) is 1.30. The summed E-state index contributed by atoms with van der Waals surface area (Å²) in [5.74, 6) is 1.30. The van der Waals surface area contributed by atoms with E-state index in [2.05, 4.69) is 50.9 Å². The predicted octanol–water partition coefficient (Wildman–Crippen LogP) is 3.80. The van der Waals surface area contributed by atoms with Gasteiger partial charge >= 0.3 is 0 Å². The molecule has 0 aliphatic rings. The summed E-state index contributed by atoms with van der Waals surface area (Å²) in [7, 11) is -2.20. The maximum atomic E-state index is 5.79. The zero-order chi connectivity index (χ0) is 10.5. The fourth-order valence-electron chi connectivity index (χ4n) is 1.07. The van der Waals surface area contributed by atoms with Crippen molar-refractivity contribution in [2.24, 2.45) is 0 Å². The van der Waals surface area contributed by atoms with Gasteiger partial charge in [-0.2, -0.15) is 11.2 Å². The maximum Gasteiger partial charge on any atom is 0.187 e. The first kappa shape index (κ1) is 13.7. The average molecular weight is 237 g/mol. The van der Waals surface area contributed by atoms with Gasteiger partial charge in [0.2, 0.25) is 0 Å². The van der Waals surface area contributed by atoms with Crippen molar-refractivity contribution in [1.29, 1.82) is 0 Å². The van der Waals surface area contributed by atoms with Crippen LogP contribution in [0.4, 0.5) is 0 Å². The number of hydrogen-bond acceptors (Lipinski definition) is 2. The molecule has 0 fully saturated rings. The van der Waals surface area contributed by atoms with Crippen molar-refractivity contribution in [3.05, 3.63) is 0 Å². The lowest BCUT2D eigenvalue weighted by Gasteiger charge is -2.23. The Morgan fingerprint density at radius 1 is 1.08 bits per heavy atom. The van der Waals surface area contributed by atoms with Crippen molar-refractivity contribution in [2.45, 2.75) is 45.7 Å². The Kier molecular flexibility index (Phi) is 5.90. The molecule has 0 saturated carbocycles. The van der Waals surface area contributed by atoms with E-state index in [0.29, 0.717) is 0 Å². The summed E-state index contributed by atoms with van der Waals surface area (Å²) in [4.78, 5) is 0. The summed E-state index contributed by atoms with van der Waals surface area (Å²) in [6.07, 6.45) is 0. The SMILES string of the molecule is CCO[Si](C)(C)CCS[Si](C)(C)C. The Labute approximate surface area is 89.4 Å². The van der Waals surface area contributed by atoms with Crippen LogP contribution in [-0.4, -0.2) is 27.9 Å². The van der Waals surface area contributed by atoms with Gasteiger partial charge in [-0.25, -0.2) is 0 Å². The van der Waals surface area contributed by atoms with Gasteiger partial charge in [-0.1, -0.05) is 19.6 Å². The molecule has 4 heteroatoms. The smallest absolute Gasteiger partial charge is 0.187 e. The lowest BCUT2D eigenvalue weighted by molar-refractivity contribution is 0.330. The van der Waals surface area contributed by atoms with Gasteiger partial charge in [0.15, 0.2) is 8.32 Å². The summed E-state index contributed by atoms with van der Waals surface area (Å²) in [6.45, 7) is 14.9. The highest BCUT2D eigenvalue weighted by molar-refractivity contribution is 8.28. The lowest BCUT2D eigenvalue weighted by Crippen LogP contribution is -2.31. The van der Waals surface area contributed by atoms with Crippen LogP contribution in [0, 0.1) is 0 Å². The molecule has 0 bridgehead atoms. The minimum absolute atomic E-state index is 0.886. The van der Waals surface area contributed by atoms with E-state index in [-0.39, 0.29) is 0 Å². The van der Waals surface area contributed by atoms with E-state index in [9.17, 15) is 0 Å². The van der Waals surface area contributed by atoms with Gasteiger partial charge in [-0.15, -0.1) is 0 Å². The van der Waals surface area contributed by atoms with Crippen LogP contribution in [0.15, 0.2) is 0 Å². The Hall–Kier alpha value is 0.744. The van der Waals surface area contributed by atoms with E-state index in [1.54, 1.807) is 0 Å². The van der Waals surface area contributed by atoms with E-state index in [1.807, 2.05) is 0 Å². The molecule has 0 spiro atoms. The van der Waals surface area contributed by atoms with E-state index in [1.165, 1.54) is 11.8 Å². The molecule has 0 amide bonds. The van der Waals surface area contributed by atoms with Crippen molar-refractivity contribution in [3.8, 4) is 0 Å². The normalized spacial score (nSPS) is 13.4. The first-order valence-corrected chi connectivity index (χ1v) is 13.4. The summed E-state index contributed by atoms with van der Waals surface area (Å²) in [5, 5.41) is 0. The van der Waals surface area contributed by atoms with E-state index < -0.39 is 15.5 Å². The molecule has 1 nitrogen and oxygen atoms in total. The topological polar surface area (TPSA) is 9.23 Å². The lowest BCUT2D eigenvalue weighted by atomic mass is 10.9. The molecule has 0 unspecified atom stereocenters. The van der Waals surface area contributed by atoms with Gasteiger partial charge in [-0.3, -0.25) is 0 Å². The Morgan fingerprint density at radius 2 is 1.62 bits per heavy atom. The van der Waals surface area contributed by atoms with Gasteiger partial charge in [0.25, 0.3) is 0 Å². The summed E-state index contributed by atoms with van der Waals surface area (Å²) < 4.78 is 5.79. The van der Waals surface area contributed by atoms with E-state index in [4.69, 9.17) is 4.43 Å². The molecule has 0 aliphatic carbocycles. The molecule has 0 saturated heterocycles. The molecule has 0 rings (SSSR count). The highest BCUT2D eigenvalue weighted by Gasteiger charge is 2.23. The minimum atomic E-state index is -1.30. The Bertz CT molecular complexity index is 143. The fraction of sp³-hybridized carbons (Fsp3) is 1.00. The van der Waals surface area contributed by atoms with Crippen molar-refractivity contribution >= 4 is 26.8 Å². The second-order valence-corrected chi connectivity index (χ2v) is 18.7. The van der Waals surface area contributed by atoms with E-state index >= 15 is 0 Å². The van der Waals surface area contributed by atoms with Gasteiger partial charge in [0.05, 0.1) is 0 Å². The highest BCUT2D eigenvalue weighted by Crippen LogP contribution is 2.23. The number of rotatable bonds is 6. The first-order valence-electron chi connectivity index (χ1n) is 5.05. The average Bonchev–Trinajstić information content (AvgIpc) is 1.82. The molecular formula is C9H24OSSi2. The van der Waals surface area contributed by atoms with Gasteiger partial charge in [0, 0.05) is 6.61 Å². The molecule has 0 N–H and O–H groups in total. The van der Waals surface area contributed by atoms with Crippen LogP contribution >= 0.6 is 11.2 Å². The largest absolute Gasteiger partial charge is 0.418 e. The Morgan fingerprint density at radius 3 is 2.00 bits per heavy atom. The molecule has 0 aromatic heterocycles. The second kappa shape index (κ2) is 5.58. The Balaban J connectivity index is 3.63. The van der Waals surface area contributed by atoms with Gasteiger partial charge < -0.3 is 4.43 Å². The minimum Gasteiger partial charge on any atom is -0.418 e. The van der Waals surface area contributed by atoms with Crippen LogP contribution < -0.4 is 0 Å². The molecule has 0 aromatic rings. The number of hydrogen-bond donors (Lipinski definition) is 0. The standard InChI is InChI=1S/C9H24OSSi2/c1-7-10-13(5,6)9-8-11-12(2,3)4/h7-9H2,1-6H3. The third kappa shape index (κ3) is 9.06. The first-order chi connectivity index (χ1) is 5.77. The maximum absolute atomic E-state index is 5.79. The predicted molar refractivity (Wildman–Crippen MR) is 69.7 cm³/mol. The summed E-state index contributed by atoms with van der Waals surface area (Å²) >= 11 is 2.18. The van der Waals surface area contributed by atoms with Crippen LogP contribution in [0.2, 0.25) is 38.8 Å². The van der Waals surface area contributed by atoms with Crippen LogP contribution in [0.3, 0.4) is 0 Å². The molecule has 13 heavy (non-hydrogen) atoms. The molecule has 0 aliphatic heterocycles. The summed E-state index contributed by atoms with van der Waals surface area (Å²) in [5.41, 5.74) is 0. The van der Waals surface area contributed by atoms with Crippen molar-refractivity contribution in [1.82, 2.24) is 0 Å². The third-order valence-electron chi connectivity index (χ3n) is 1.77. The third-order valence-corrected chi connectivity index (χ3v) is 9.15. The zero-order valence-electron chi connectivity index (χ0n) is 9.94. The molecule has 80 valence electrons. The van der Waals surface area contributed by atoms with Crippen LogP contribution in [0.1, 0.15) is 6.92 Å². The van der Waals surface area contributed by atoms with Crippen molar-refractivity contribution in [3.63, 3.8) is 0 Å². The fourth-order valence-corrected chi connectivity index (χ4v) is 7.73. The van der Waals surface area contributed by atoms with Crippen molar-refractivity contribution in [2.75, 3.05) is 12.4 Å². The molecular weight excluding hydrogens is 212 g/mol. The van der Waals surface area contributed by atoms with Gasteiger partial charge in [-0.05, 0) is 31.8 Å². The molecule has 0 atom stereocenters. The highest BCUT2D eigenvalue weighted by atomic mass is 32.4. The van der Waals surface area contributed by atoms with E-state index in [0.717, 1.165) is 6.61 Å². The quantitative estimate of drug-likeness (QED) is 0.649. The van der Waals surface area contributed by atoms with Crippen LogP contribution in [0.5, 0.6) is 0 Å². The zero-order valence-corrected chi connectivity index (χ0v) is 12.8. The molecule has 0 heterocycles. The monoisotopic (exact) mass is 236 g/mol. The van der Waals surface area contributed by atoms with Gasteiger partial charge in [0.1, 0.15) is 7.22 Å². The van der Waals surface area contributed by atoms with Crippen molar-refractivity contribution < 1.29 is 4.43 Å².